The van der Waals surface area contributed by atoms with Gasteiger partial charge in [-0.15, -0.1) is 6.58 Å². The summed E-state index contributed by atoms with van der Waals surface area (Å²) in [6, 6.07) is 0. The van der Waals surface area contributed by atoms with Gasteiger partial charge in [0.05, 0.1) is 6.10 Å². The van der Waals surface area contributed by atoms with E-state index in [-0.39, 0.29) is 6.10 Å². The Morgan fingerprint density at radius 1 is 1.36 bits per heavy atom. The van der Waals surface area contributed by atoms with E-state index < -0.39 is 0 Å². The van der Waals surface area contributed by atoms with Crippen LogP contribution >= 0.6 is 0 Å². The summed E-state index contributed by atoms with van der Waals surface area (Å²) in [4.78, 5) is 0. The van der Waals surface area contributed by atoms with E-state index in [0.717, 1.165) is 32.1 Å². The minimum atomic E-state index is -0.236. The van der Waals surface area contributed by atoms with Crippen molar-refractivity contribution in [3.63, 3.8) is 0 Å². The summed E-state index contributed by atoms with van der Waals surface area (Å²) >= 11 is 0. The SMILES string of the molecule is C=C(C)CC/C=C(\CCC)C(O)CC. The van der Waals surface area contributed by atoms with Crippen molar-refractivity contribution in [3.05, 3.63) is 23.8 Å². The zero-order chi connectivity index (χ0) is 11.0. The minimum Gasteiger partial charge on any atom is -0.389 e. The van der Waals surface area contributed by atoms with E-state index in [1.165, 1.54) is 11.1 Å². The molecule has 1 atom stereocenters. The molecule has 0 spiro atoms. The Kier molecular flexibility index (Phi) is 7.50. The molecule has 0 aromatic carbocycles. The molecule has 0 amide bonds. The monoisotopic (exact) mass is 196 g/mol. The van der Waals surface area contributed by atoms with Crippen LogP contribution in [0.15, 0.2) is 23.8 Å². The molecule has 1 heteroatoms. The molecule has 1 unspecified atom stereocenters. The molecule has 0 aromatic rings. The average Bonchev–Trinajstić information content (AvgIpc) is 2.15. The fraction of sp³-hybridized carbons (Fsp3) is 0.692. The van der Waals surface area contributed by atoms with Crippen molar-refractivity contribution >= 4 is 0 Å². The largest absolute Gasteiger partial charge is 0.389 e. The van der Waals surface area contributed by atoms with Crippen LogP contribution in [0, 0.1) is 0 Å². The molecule has 0 aliphatic heterocycles. The lowest BCUT2D eigenvalue weighted by atomic mass is 10.0. The fourth-order valence-electron chi connectivity index (χ4n) is 1.46. The molecule has 0 heterocycles. The summed E-state index contributed by atoms with van der Waals surface area (Å²) in [5, 5.41) is 9.72. The molecular weight excluding hydrogens is 172 g/mol. The van der Waals surface area contributed by atoms with E-state index in [9.17, 15) is 5.11 Å². The Bertz CT molecular complexity index is 191. The van der Waals surface area contributed by atoms with Gasteiger partial charge < -0.3 is 5.11 Å². The molecular formula is C13H24O. The van der Waals surface area contributed by atoms with E-state index in [2.05, 4.69) is 19.6 Å². The van der Waals surface area contributed by atoms with Gasteiger partial charge in [0.1, 0.15) is 0 Å². The first-order valence-corrected chi connectivity index (χ1v) is 5.63. The van der Waals surface area contributed by atoms with Crippen molar-refractivity contribution in [2.75, 3.05) is 0 Å². The molecule has 1 nitrogen and oxygen atoms in total. The van der Waals surface area contributed by atoms with Gasteiger partial charge in [0.2, 0.25) is 0 Å². The van der Waals surface area contributed by atoms with Crippen LogP contribution in [0.2, 0.25) is 0 Å². The summed E-state index contributed by atoms with van der Waals surface area (Å²) < 4.78 is 0. The molecule has 0 saturated heterocycles. The number of hydrogen-bond acceptors (Lipinski definition) is 1. The molecule has 0 aromatic heterocycles. The van der Waals surface area contributed by atoms with Gasteiger partial charge in [-0.25, -0.2) is 0 Å². The lowest BCUT2D eigenvalue weighted by Gasteiger charge is -2.12. The first-order valence-electron chi connectivity index (χ1n) is 5.63. The van der Waals surface area contributed by atoms with Gasteiger partial charge in [0.15, 0.2) is 0 Å². The van der Waals surface area contributed by atoms with Gasteiger partial charge in [-0.2, -0.15) is 0 Å². The number of aliphatic hydroxyl groups excluding tert-OH is 1. The standard InChI is InChI=1S/C13H24O/c1-5-8-12(13(14)6-2)10-7-9-11(3)4/h10,13-14H,3,5-9H2,1-2,4H3/b12-10+. The summed E-state index contributed by atoms with van der Waals surface area (Å²) in [6.45, 7) is 10.1. The maximum atomic E-state index is 9.72. The van der Waals surface area contributed by atoms with E-state index in [1.807, 2.05) is 13.8 Å². The van der Waals surface area contributed by atoms with Crippen molar-refractivity contribution in [2.45, 2.75) is 59.0 Å². The Labute approximate surface area is 88.5 Å². The second-order valence-corrected chi connectivity index (χ2v) is 3.95. The van der Waals surface area contributed by atoms with Crippen LogP contribution in [-0.2, 0) is 0 Å². The Balaban J connectivity index is 4.10. The lowest BCUT2D eigenvalue weighted by Crippen LogP contribution is -2.08. The molecule has 0 radical (unpaired) electrons. The molecule has 0 fully saturated rings. The molecule has 0 aliphatic carbocycles. The quantitative estimate of drug-likeness (QED) is 0.613. The summed E-state index contributed by atoms with van der Waals surface area (Å²) in [5.74, 6) is 0. The fourth-order valence-corrected chi connectivity index (χ4v) is 1.46. The summed E-state index contributed by atoms with van der Waals surface area (Å²) in [5.41, 5.74) is 2.42. The Hall–Kier alpha value is -0.560. The van der Waals surface area contributed by atoms with Gasteiger partial charge in [-0.1, -0.05) is 31.9 Å². The number of aliphatic hydroxyl groups is 1. The molecule has 82 valence electrons. The van der Waals surface area contributed by atoms with Crippen LogP contribution in [0.5, 0.6) is 0 Å². The number of rotatable bonds is 7. The highest BCUT2D eigenvalue weighted by molar-refractivity contribution is 5.08. The van der Waals surface area contributed by atoms with Crippen molar-refractivity contribution in [1.82, 2.24) is 0 Å². The Morgan fingerprint density at radius 2 is 2.00 bits per heavy atom. The molecule has 0 saturated carbocycles. The third kappa shape index (κ3) is 5.98. The first-order chi connectivity index (χ1) is 6.61. The van der Waals surface area contributed by atoms with Gasteiger partial charge >= 0.3 is 0 Å². The highest BCUT2D eigenvalue weighted by Crippen LogP contribution is 2.15. The molecule has 14 heavy (non-hydrogen) atoms. The average molecular weight is 196 g/mol. The predicted octanol–water partition coefficient (Wildman–Crippen LogP) is 3.84. The lowest BCUT2D eigenvalue weighted by molar-refractivity contribution is 0.201. The third-order valence-corrected chi connectivity index (χ3v) is 2.33. The van der Waals surface area contributed by atoms with E-state index in [4.69, 9.17) is 0 Å². The maximum Gasteiger partial charge on any atom is 0.0747 e. The van der Waals surface area contributed by atoms with Crippen molar-refractivity contribution in [1.29, 1.82) is 0 Å². The van der Waals surface area contributed by atoms with Crippen molar-refractivity contribution in [3.8, 4) is 0 Å². The minimum absolute atomic E-state index is 0.236. The normalized spacial score (nSPS) is 14.1. The molecule has 0 rings (SSSR count). The van der Waals surface area contributed by atoms with Crippen LogP contribution in [-0.4, -0.2) is 11.2 Å². The molecule has 1 N–H and O–H groups in total. The van der Waals surface area contributed by atoms with E-state index in [0.29, 0.717) is 0 Å². The van der Waals surface area contributed by atoms with Crippen LogP contribution in [0.25, 0.3) is 0 Å². The van der Waals surface area contributed by atoms with Gasteiger partial charge in [0.25, 0.3) is 0 Å². The number of hydrogen-bond donors (Lipinski definition) is 1. The topological polar surface area (TPSA) is 20.2 Å². The van der Waals surface area contributed by atoms with E-state index >= 15 is 0 Å². The smallest absolute Gasteiger partial charge is 0.0747 e. The van der Waals surface area contributed by atoms with Gasteiger partial charge in [-0.3, -0.25) is 0 Å². The molecule has 0 bridgehead atoms. The summed E-state index contributed by atoms with van der Waals surface area (Å²) in [6.07, 6.45) is 6.94. The van der Waals surface area contributed by atoms with Crippen molar-refractivity contribution in [2.24, 2.45) is 0 Å². The van der Waals surface area contributed by atoms with Crippen molar-refractivity contribution < 1.29 is 5.11 Å². The zero-order valence-electron chi connectivity index (χ0n) is 9.84. The highest BCUT2D eigenvalue weighted by Gasteiger charge is 2.06. The maximum absolute atomic E-state index is 9.72. The van der Waals surface area contributed by atoms with Crippen LogP contribution in [0.3, 0.4) is 0 Å². The van der Waals surface area contributed by atoms with Gasteiger partial charge in [0, 0.05) is 0 Å². The van der Waals surface area contributed by atoms with Gasteiger partial charge in [-0.05, 0) is 38.2 Å². The van der Waals surface area contributed by atoms with Crippen LogP contribution in [0.1, 0.15) is 52.9 Å². The van der Waals surface area contributed by atoms with E-state index in [1.54, 1.807) is 0 Å². The highest BCUT2D eigenvalue weighted by atomic mass is 16.3. The third-order valence-electron chi connectivity index (χ3n) is 2.33. The first kappa shape index (κ1) is 13.4. The summed E-state index contributed by atoms with van der Waals surface area (Å²) in [7, 11) is 0. The van der Waals surface area contributed by atoms with Crippen LogP contribution in [0.4, 0.5) is 0 Å². The Morgan fingerprint density at radius 3 is 2.43 bits per heavy atom. The van der Waals surface area contributed by atoms with Crippen LogP contribution < -0.4 is 0 Å². The zero-order valence-corrected chi connectivity index (χ0v) is 9.84. The second kappa shape index (κ2) is 7.81. The predicted molar refractivity (Wildman–Crippen MR) is 63.3 cm³/mol. The number of allylic oxidation sites excluding steroid dienone is 2. The second-order valence-electron chi connectivity index (χ2n) is 3.95. The molecule has 0 aliphatic rings.